The van der Waals surface area contributed by atoms with Gasteiger partial charge < -0.3 is 5.11 Å². The van der Waals surface area contributed by atoms with Gasteiger partial charge in [-0.15, -0.1) is 5.10 Å². The third-order valence-corrected chi connectivity index (χ3v) is 1.55. The summed E-state index contributed by atoms with van der Waals surface area (Å²) in [7, 11) is 0. The Morgan fingerprint density at radius 1 is 1.62 bits per heavy atom. The highest BCUT2D eigenvalue weighted by Crippen LogP contribution is 2.06. The summed E-state index contributed by atoms with van der Waals surface area (Å²) in [6.07, 6.45) is 2.81. The molecular weight excluding hydrogens is 196 g/mol. The lowest BCUT2D eigenvalue weighted by Crippen LogP contribution is -1.99. The third kappa shape index (κ3) is 1.31. The van der Waals surface area contributed by atoms with Gasteiger partial charge in [-0.1, -0.05) is 11.6 Å². The molecule has 0 aromatic carbocycles. The lowest BCUT2D eigenvalue weighted by molar-refractivity contribution is 0.0684. The number of carbonyl (C=O) groups is 1. The van der Waals surface area contributed by atoms with Crippen LogP contribution in [0.2, 0.25) is 5.02 Å². The van der Waals surface area contributed by atoms with Crippen LogP contribution in [0, 0.1) is 0 Å². The van der Waals surface area contributed by atoms with Crippen LogP contribution >= 0.6 is 11.6 Å². The van der Waals surface area contributed by atoms with E-state index in [1.54, 1.807) is 0 Å². The van der Waals surface area contributed by atoms with Crippen molar-refractivity contribution in [3.8, 4) is 0 Å². The molecule has 2 heterocycles. The molecule has 0 unspecified atom stereocenters. The lowest BCUT2D eigenvalue weighted by atomic mass is 10.6. The molecule has 66 valence electrons. The lowest BCUT2D eigenvalue weighted by Gasteiger charge is -1.88. The van der Waals surface area contributed by atoms with Crippen molar-refractivity contribution < 1.29 is 9.90 Å². The highest BCUT2D eigenvalue weighted by molar-refractivity contribution is 6.30. The van der Waals surface area contributed by atoms with Gasteiger partial charge in [0.25, 0.3) is 11.6 Å². The molecule has 13 heavy (non-hydrogen) atoms. The zero-order chi connectivity index (χ0) is 9.42. The van der Waals surface area contributed by atoms with Crippen LogP contribution in [-0.2, 0) is 0 Å². The van der Waals surface area contributed by atoms with Crippen LogP contribution in [0.4, 0.5) is 0 Å². The minimum atomic E-state index is -1.19. The number of rotatable bonds is 1. The van der Waals surface area contributed by atoms with Crippen molar-refractivity contribution in [3.05, 3.63) is 23.2 Å². The summed E-state index contributed by atoms with van der Waals surface area (Å²) in [5.74, 6) is -1.28. The number of aromatic carboxylic acids is 1. The summed E-state index contributed by atoms with van der Waals surface area (Å²) in [5.41, 5.74) is 0. The molecule has 2 rings (SSSR count). The second-order valence-corrected chi connectivity index (χ2v) is 2.69. The molecule has 0 saturated carbocycles. The first-order chi connectivity index (χ1) is 6.16. The van der Waals surface area contributed by atoms with Gasteiger partial charge in [-0.25, -0.2) is 14.3 Å². The van der Waals surface area contributed by atoms with E-state index < -0.39 is 5.97 Å². The van der Waals surface area contributed by atoms with Crippen molar-refractivity contribution in [1.82, 2.24) is 19.6 Å². The molecule has 0 aliphatic carbocycles. The molecule has 2 aromatic heterocycles. The molecule has 1 N–H and O–H groups in total. The van der Waals surface area contributed by atoms with E-state index >= 15 is 0 Å². The van der Waals surface area contributed by atoms with Gasteiger partial charge in [0.1, 0.15) is 0 Å². The fourth-order valence-corrected chi connectivity index (χ4v) is 0.991. The first kappa shape index (κ1) is 7.93. The standard InChI is InChI=1S/C6H3ClN4O2/c7-3-1-8-6-9-4(5(12)13)10-11(6)2-3/h1-2H,(H,12,13). The Morgan fingerprint density at radius 3 is 3.08 bits per heavy atom. The van der Waals surface area contributed by atoms with Crippen LogP contribution < -0.4 is 0 Å². The molecule has 6 nitrogen and oxygen atoms in total. The molecule has 0 saturated heterocycles. The summed E-state index contributed by atoms with van der Waals surface area (Å²) in [6, 6.07) is 0. The van der Waals surface area contributed by atoms with Gasteiger partial charge in [0.05, 0.1) is 17.4 Å². The zero-order valence-corrected chi connectivity index (χ0v) is 6.93. The first-order valence-corrected chi connectivity index (χ1v) is 3.66. The molecule has 0 bridgehead atoms. The van der Waals surface area contributed by atoms with Crippen LogP contribution in [0.15, 0.2) is 12.4 Å². The van der Waals surface area contributed by atoms with Crippen molar-refractivity contribution in [2.24, 2.45) is 0 Å². The Morgan fingerprint density at radius 2 is 2.38 bits per heavy atom. The maximum Gasteiger partial charge on any atom is 0.375 e. The normalized spacial score (nSPS) is 10.5. The van der Waals surface area contributed by atoms with Gasteiger partial charge in [-0.3, -0.25) is 0 Å². The smallest absolute Gasteiger partial charge is 0.375 e. The summed E-state index contributed by atoms with van der Waals surface area (Å²) < 4.78 is 1.21. The number of halogens is 1. The van der Waals surface area contributed by atoms with Crippen LogP contribution in [0.25, 0.3) is 5.78 Å². The number of carboxylic acid groups (broad SMARTS) is 1. The van der Waals surface area contributed by atoms with Gasteiger partial charge in [-0.05, 0) is 0 Å². The van der Waals surface area contributed by atoms with E-state index in [2.05, 4.69) is 15.1 Å². The number of hydrogen-bond acceptors (Lipinski definition) is 4. The quantitative estimate of drug-likeness (QED) is 0.721. The van der Waals surface area contributed by atoms with E-state index in [1.165, 1.54) is 16.9 Å². The number of hydrogen-bond donors (Lipinski definition) is 1. The Hall–Kier alpha value is -1.69. The van der Waals surface area contributed by atoms with Crippen molar-refractivity contribution in [2.45, 2.75) is 0 Å². The van der Waals surface area contributed by atoms with Crippen molar-refractivity contribution in [3.63, 3.8) is 0 Å². The molecule has 0 aliphatic rings. The van der Waals surface area contributed by atoms with Gasteiger partial charge in [-0.2, -0.15) is 4.98 Å². The molecule has 0 amide bonds. The molecule has 0 radical (unpaired) electrons. The average Bonchev–Trinajstić information content (AvgIpc) is 2.46. The largest absolute Gasteiger partial charge is 0.475 e. The minimum absolute atomic E-state index is 0.210. The maximum absolute atomic E-state index is 10.5. The van der Waals surface area contributed by atoms with E-state index in [0.29, 0.717) is 5.02 Å². The minimum Gasteiger partial charge on any atom is -0.475 e. The van der Waals surface area contributed by atoms with Crippen LogP contribution in [0.1, 0.15) is 10.6 Å². The fraction of sp³-hybridized carbons (Fsp3) is 0. The van der Waals surface area contributed by atoms with Gasteiger partial charge in [0.15, 0.2) is 0 Å². The molecule has 0 atom stereocenters. The van der Waals surface area contributed by atoms with Crippen molar-refractivity contribution >= 4 is 23.3 Å². The Balaban J connectivity index is 2.68. The van der Waals surface area contributed by atoms with E-state index in [9.17, 15) is 4.79 Å². The number of carboxylic acids is 1. The maximum atomic E-state index is 10.5. The van der Waals surface area contributed by atoms with E-state index in [-0.39, 0.29) is 11.6 Å². The SMILES string of the molecule is O=C(O)c1nc2ncc(Cl)cn2n1. The van der Waals surface area contributed by atoms with Gasteiger partial charge in [0.2, 0.25) is 0 Å². The highest BCUT2D eigenvalue weighted by Gasteiger charge is 2.10. The van der Waals surface area contributed by atoms with E-state index in [1.807, 2.05) is 0 Å². The monoisotopic (exact) mass is 198 g/mol. The molecule has 2 aromatic rings. The Kier molecular flexibility index (Phi) is 1.63. The Labute approximate surface area is 76.8 Å². The van der Waals surface area contributed by atoms with Crippen molar-refractivity contribution in [2.75, 3.05) is 0 Å². The predicted molar refractivity (Wildman–Crippen MR) is 42.8 cm³/mol. The molecule has 0 spiro atoms. The Bertz CT molecular complexity index is 480. The van der Waals surface area contributed by atoms with Gasteiger partial charge in [0, 0.05) is 0 Å². The second-order valence-electron chi connectivity index (χ2n) is 2.26. The first-order valence-electron chi connectivity index (χ1n) is 3.28. The summed E-state index contributed by atoms with van der Waals surface area (Å²) in [5, 5.41) is 12.6. The fourth-order valence-electron chi connectivity index (χ4n) is 0.850. The predicted octanol–water partition coefficient (Wildman–Crippen LogP) is 0.476. The number of aromatic nitrogens is 4. The van der Waals surface area contributed by atoms with Crippen LogP contribution in [-0.4, -0.2) is 30.7 Å². The third-order valence-electron chi connectivity index (χ3n) is 1.35. The number of nitrogens with zero attached hydrogens (tertiary/aromatic N) is 4. The van der Waals surface area contributed by atoms with E-state index in [0.717, 1.165) is 0 Å². The average molecular weight is 199 g/mol. The summed E-state index contributed by atoms with van der Waals surface area (Å²) in [4.78, 5) is 17.9. The highest BCUT2D eigenvalue weighted by atomic mass is 35.5. The van der Waals surface area contributed by atoms with Crippen molar-refractivity contribution in [1.29, 1.82) is 0 Å². The molecule has 0 fully saturated rings. The van der Waals surface area contributed by atoms with E-state index in [4.69, 9.17) is 16.7 Å². The molecule has 0 aliphatic heterocycles. The van der Waals surface area contributed by atoms with Crippen LogP contribution in [0.3, 0.4) is 0 Å². The molecular formula is C6H3ClN4O2. The zero-order valence-electron chi connectivity index (χ0n) is 6.18. The summed E-state index contributed by atoms with van der Waals surface area (Å²) in [6.45, 7) is 0. The summed E-state index contributed by atoms with van der Waals surface area (Å²) >= 11 is 5.61. The van der Waals surface area contributed by atoms with Gasteiger partial charge >= 0.3 is 5.97 Å². The molecule has 7 heteroatoms. The van der Waals surface area contributed by atoms with Crippen LogP contribution in [0.5, 0.6) is 0 Å². The topological polar surface area (TPSA) is 80.4 Å². The number of fused-ring (bicyclic) bond motifs is 1. The second kappa shape index (κ2) is 2.67.